The number of nitrogens with one attached hydrogen (secondary N) is 2. The van der Waals surface area contributed by atoms with Crippen LogP contribution in [0.4, 0.5) is 0 Å². The number of hydrogen-bond donors (Lipinski definition) is 4. The fourth-order valence-electron chi connectivity index (χ4n) is 1.99. The number of sulfonamides is 1. The van der Waals surface area contributed by atoms with E-state index in [2.05, 4.69) is 10.0 Å². The van der Waals surface area contributed by atoms with Gasteiger partial charge in [-0.3, -0.25) is 4.79 Å². The number of rotatable bonds is 5. The monoisotopic (exact) mass is 355 g/mol. The van der Waals surface area contributed by atoms with Gasteiger partial charge in [-0.15, -0.1) is 23.7 Å². The highest BCUT2D eigenvalue weighted by Crippen LogP contribution is 2.21. The van der Waals surface area contributed by atoms with Gasteiger partial charge < -0.3 is 16.2 Å². The Morgan fingerprint density at radius 3 is 2.81 bits per heavy atom. The maximum Gasteiger partial charge on any atom is 0.250 e. The molecule has 1 atom stereocenters. The first-order valence-corrected chi connectivity index (χ1v) is 8.50. The summed E-state index contributed by atoms with van der Waals surface area (Å²) in [6, 6.07) is 1.23. The second kappa shape index (κ2) is 7.03. The molecule has 1 aromatic heterocycles. The van der Waals surface area contributed by atoms with Gasteiger partial charge in [-0.2, -0.15) is 0 Å². The highest BCUT2D eigenvalue weighted by atomic mass is 35.5. The molecule has 1 saturated heterocycles. The average molecular weight is 356 g/mol. The summed E-state index contributed by atoms with van der Waals surface area (Å²) < 4.78 is 26.5. The maximum atomic E-state index is 12.1. The van der Waals surface area contributed by atoms with Crippen LogP contribution in [0.15, 0.2) is 15.7 Å². The Balaban J connectivity index is 0.00000220. The number of hydrogen-bond acceptors (Lipinski definition) is 6. The molecule has 1 amide bonds. The van der Waals surface area contributed by atoms with E-state index in [-0.39, 0.29) is 28.7 Å². The van der Waals surface area contributed by atoms with E-state index >= 15 is 0 Å². The lowest BCUT2D eigenvalue weighted by atomic mass is 9.95. The first-order valence-electron chi connectivity index (χ1n) is 6.14. The highest BCUT2D eigenvalue weighted by Gasteiger charge is 2.31. The first kappa shape index (κ1) is 18.3. The van der Waals surface area contributed by atoms with Crippen molar-refractivity contribution in [2.75, 3.05) is 19.6 Å². The van der Waals surface area contributed by atoms with Crippen LogP contribution < -0.4 is 15.8 Å². The van der Waals surface area contributed by atoms with Gasteiger partial charge in [0, 0.05) is 18.5 Å². The molecule has 1 aromatic rings. The van der Waals surface area contributed by atoms with Crippen LogP contribution in [0.5, 0.6) is 0 Å². The number of β-amino-alcohol motifs (C(OH)–C–C–N with tert-alkyl or cyclic N) is 1. The Bertz CT molecular complexity index is 596. The van der Waals surface area contributed by atoms with Crippen molar-refractivity contribution in [1.82, 2.24) is 10.0 Å². The van der Waals surface area contributed by atoms with Crippen molar-refractivity contribution in [3.63, 3.8) is 0 Å². The summed E-state index contributed by atoms with van der Waals surface area (Å²) in [5, 5.41) is 14.6. The molecule has 0 spiro atoms. The van der Waals surface area contributed by atoms with Gasteiger partial charge in [-0.1, -0.05) is 0 Å². The normalized spacial score (nSPS) is 22.5. The smallest absolute Gasteiger partial charge is 0.250 e. The Hall–Kier alpha value is -0.710. The van der Waals surface area contributed by atoms with E-state index in [9.17, 15) is 18.3 Å². The summed E-state index contributed by atoms with van der Waals surface area (Å²) >= 11 is 0.922. The second-order valence-corrected chi connectivity index (χ2v) is 7.75. The third kappa shape index (κ3) is 4.63. The minimum atomic E-state index is -3.74. The minimum Gasteiger partial charge on any atom is -0.387 e. The van der Waals surface area contributed by atoms with Crippen molar-refractivity contribution in [3.05, 3.63) is 17.0 Å². The van der Waals surface area contributed by atoms with Crippen molar-refractivity contribution >= 4 is 39.7 Å². The number of carbonyl (C=O) groups is 1. The molecule has 1 fully saturated rings. The van der Waals surface area contributed by atoms with Gasteiger partial charge in [0.2, 0.25) is 15.9 Å². The number of carbonyl (C=O) groups excluding carboxylic acids is 1. The molecule has 10 heteroatoms. The first-order chi connectivity index (χ1) is 9.32. The van der Waals surface area contributed by atoms with Crippen LogP contribution in [-0.4, -0.2) is 44.7 Å². The van der Waals surface area contributed by atoms with Crippen molar-refractivity contribution in [2.45, 2.75) is 22.7 Å². The number of thiophene rings is 1. The largest absolute Gasteiger partial charge is 0.387 e. The molecule has 0 bridgehead atoms. The SMILES string of the molecule is Cl.NC(=O)c1csc(S(=O)(=O)NCC2(O)CCCNC2)c1. The molecule has 1 unspecified atom stereocenters. The van der Waals surface area contributed by atoms with Crippen LogP contribution in [0, 0.1) is 0 Å². The molecule has 21 heavy (non-hydrogen) atoms. The molecular weight excluding hydrogens is 338 g/mol. The zero-order valence-electron chi connectivity index (χ0n) is 11.2. The fraction of sp³-hybridized carbons (Fsp3) is 0.545. The van der Waals surface area contributed by atoms with Crippen LogP contribution in [0.3, 0.4) is 0 Å². The maximum absolute atomic E-state index is 12.1. The van der Waals surface area contributed by atoms with Gasteiger partial charge in [0.05, 0.1) is 11.2 Å². The van der Waals surface area contributed by atoms with E-state index in [0.717, 1.165) is 24.3 Å². The molecule has 2 heterocycles. The summed E-state index contributed by atoms with van der Waals surface area (Å²) in [7, 11) is -3.74. The minimum absolute atomic E-state index is 0. The van der Waals surface area contributed by atoms with Gasteiger partial charge in [-0.05, 0) is 25.5 Å². The van der Waals surface area contributed by atoms with Crippen molar-refractivity contribution in [2.24, 2.45) is 5.73 Å². The van der Waals surface area contributed by atoms with Gasteiger partial charge in [0.1, 0.15) is 4.21 Å². The second-order valence-electron chi connectivity index (χ2n) is 4.85. The van der Waals surface area contributed by atoms with Crippen molar-refractivity contribution in [3.8, 4) is 0 Å². The Morgan fingerprint density at radius 1 is 1.57 bits per heavy atom. The van der Waals surface area contributed by atoms with Crippen LogP contribution in [0.1, 0.15) is 23.2 Å². The molecule has 2 rings (SSSR count). The number of nitrogens with two attached hydrogens (primary N) is 1. The molecule has 5 N–H and O–H groups in total. The number of piperidine rings is 1. The zero-order chi connectivity index (χ0) is 14.8. The predicted octanol–water partition coefficient (Wildman–Crippen LogP) is -0.338. The van der Waals surface area contributed by atoms with Crippen LogP contribution in [0.2, 0.25) is 0 Å². The summed E-state index contributed by atoms with van der Waals surface area (Å²) in [6.45, 7) is 1.11. The summed E-state index contributed by atoms with van der Waals surface area (Å²) in [6.07, 6.45) is 1.34. The molecule has 7 nitrogen and oxygen atoms in total. The molecule has 0 aliphatic carbocycles. The lowest BCUT2D eigenvalue weighted by molar-refractivity contribution is 0.0218. The summed E-state index contributed by atoms with van der Waals surface area (Å²) in [4.78, 5) is 11.0. The molecule has 0 saturated carbocycles. The number of primary amides is 1. The van der Waals surface area contributed by atoms with Gasteiger partial charge in [0.25, 0.3) is 0 Å². The Morgan fingerprint density at radius 2 is 2.29 bits per heavy atom. The van der Waals surface area contributed by atoms with E-state index in [1.165, 1.54) is 11.4 Å². The van der Waals surface area contributed by atoms with Crippen LogP contribution in [-0.2, 0) is 10.0 Å². The Kier molecular flexibility index (Phi) is 6.14. The van der Waals surface area contributed by atoms with Gasteiger partial charge >= 0.3 is 0 Å². The quantitative estimate of drug-likeness (QED) is 0.575. The topological polar surface area (TPSA) is 122 Å². The van der Waals surface area contributed by atoms with E-state index in [4.69, 9.17) is 5.73 Å². The third-order valence-electron chi connectivity index (χ3n) is 3.17. The van der Waals surface area contributed by atoms with Gasteiger partial charge in [0.15, 0.2) is 0 Å². The zero-order valence-corrected chi connectivity index (χ0v) is 13.6. The van der Waals surface area contributed by atoms with Crippen molar-refractivity contribution < 1.29 is 18.3 Å². The van der Waals surface area contributed by atoms with Crippen molar-refractivity contribution in [1.29, 1.82) is 0 Å². The predicted molar refractivity (Wildman–Crippen MR) is 82.3 cm³/mol. The standard InChI is InChI=1S/C11H17N3O4S2.ClH/c12-10(15)8-4-9(19-5-8)20(17,18)14-7-11(16)2-1-3-13-6-11;/h4-5,13-14,16H,1-3,6-7H2,(H2,12,15);1H. The van der Waals surface area contributed by atoms with Crippen LogP contribution in [0.25, 0.3) is 0 Å². The number of aliphatic hydroxyl groups is 1. The lowest BCUT2D eigenvalue weighted by Crippen LogP contribution is -2.52. The van der Waals surface area contributed by atoms with E-state index < -0.39 is 21.5 Å². The molecule has 1 aliphatic heterocycles. The molecular formula is C11H18ClN3O4S2. The molecule has 1 aliphatic rings. The Labute approximate surface area is 133 Å². The third-order valence-corrected chi connectivity index (χ3v) is 6.01. The summed E-state index contributed by atoms with van der Waals surface area (Å²) in [5.41, 5.74) is 4.17. The molecule has 0 aromatic carbocycles. The highest BCUT2D eigenvalue weighted by molar-refractivity contribution is 7.91. The van der Waals surface area contributed by atoms with E-state index in [0.29, 0.717) is 13.0 Å². The van der Waals surface area contributed by atoms with Crippen LogP contribution >= 0.6 is 23.7 Å². The lowest BCUT2D eigenvalue weighted by Gasteiger charge is -2.32. The molecule has 0 radical (unpaired) electrons. The fourth-order valence-corrected chi connectivity index (χ4v) is 4.32. The number of halogens is 1. The van der Waals surface area contributed by atoms with Gasteiger partial charge in [-0.25, -0.2) is 13.1 Å². The molecule has 120 valence electrons. The average Bonchev–Trinajstić information content (AvgIpc) is 2.88. The summed E-state index contributed by atoms with van der Waals surface area (Å²) in [5.74, 6) is -0.669. The number of amides is 1. The van der Waals surface area contributed by atoms with E-state index in [1.807, 2.05) is 0 Å². The van der Waals surface area contributed by atoms with E-state index in [1.54, 1.807) is 0 Å².